The van der Waals surface area contributed by atoms with Gasteiger partial charge in [-0.05, 0) is 19.3 Å². The summed E-state index contributed by atoms with van der Waals surface area (Å²) in [5.74, 6) is 1.28. The van der Waals surface area contributed by atoms with Gasteiger partial charge in [-0.2, -0.15) is 0 Å². The van der Waals surface area contributed by atoms with Gasteiger partial charge in [-0.15, -0.1) is 0 Å². The monoisotopic (exact) mass is 366 g/mol. The SMILES string of the molecule is O=C1CCCCN1CCCC(=O)N1CCc2nc(-c3ccccc3)[nH]c2C1. The number of aromatic amines is 1. The van der Waals surface area contributed by atoms with Crippen molar-refractivity contribution >= 4 is 11.8 Å². The van der Waals surface area contributed by atoms with Crippen molar-refractivity contribution in [1.29, 1.82) is 0 Å². The Labute approximate surface area is 159 Å². The summed E-state index contributed by atoms with van der Waals surface area (Å²) in [7, 11) is 0. The van der Waals surface area contributed by atoms with Crippen LogP contribution in [0, 0.1) is 0 Å². The highest BCUT2D eigenvalue weighted by molar-refractivity contribution is 5.78. The fraction of sp³-hybridized carbons (Fsp3) is 0.476. The Kier molecular flexibility index (Phi) is 5.23. The highest BCUT2D eigenvalue weighted by atomic mass is 16.2. The number of H-pyrrole nitrogens is 1. The lowest BCUT2D eigenvalue weighted by Gasteiger charge is -2.28. The van der Waals surface area contributed by atoms with E-state index in [-0.39, 0.29) is 11.8 Å². The fourth-order valence-corrected chi connectivity index (χ4v) is 3.92. The number of imidazole rings is 1. The van der Waals surface area contributed by atoms with Crippen LogP contribution in [0.2, 0.25) is 0 Å². The lowest BCUT2D eigenvalue weighted by Crippen LogP contribution is -2.38. The quantitative estimate of drug-likeness (QED) is 0.885. The first-order chi connectivity index (χ1) is 13.2. The van der Waals surface area contributed by atoms with E-state index in [1.807, 2.05) is 40.1 Å². The Balaban J connectivity index is 1.32. The van der Waals surface area contributed by atoms with Crippen LogP contribution in [0.3, 0.4) is 0 Å². The Morgan fingerprint density at radius 3 is 2.78 bits per heavy atom. The second-order valence-corrected chi connectivity index (χ2v) is 7.38. The number of nitrogens with one attached hydrogen (secondary N) is 1. The Morgan fingerprint density at radius 1 is 1.11 bits per heavy atom. The number of piperidine rings is 1. The molecule has 2 amide bonds. The summed E-state index contributed by atoms with van der Waals surface area (Å²) in [5, 5.41) is 0. The van der Waals surface area contributed by atoms with Crippen LogP contribution < -0.4 is 0 Å². The zero-order valence-corrected chi connectivity index (χ0v) is 15.6. The van der Waals surface area contributed by atoms with Crippen molar-refractivity contribution in [1.82, 2.24) is 19.8 Å². The smallest absolute Gasteiger partial charge is 0.222 e. The standard InChI is InChI=1S/C21H26N4O2/c26-19-9-4-5-12-24(19)13-6-10-20(27)25-14-11-17-18(15-25)23-21(22-17)16-7-2-1-3-8-16/h1-3,7-8H,4-6,9-15H2,(H,22,23). The molecule has 6 nitrogen and oxygen atoms in total. The molecular formula is C21H26N4O2. The van der Waals surface area contributed by atoms with Crippen LogP contribution in [0.15, 0.2) is 30.3 Å². The number of nitrogens with zero attached hydrogens (tertiary/aromatic N) is 3. The molecule has 1 aromatic carbocycles. The molecule has 2 aliphatic heterocycles. The van der Waals surface area contributed by atoms with E-state index in [2.05, 4.69) is 4.98 Å². The van der Waals surface area contributed by atoms with Gasteiger partial charge in [-0.25, -0.2) is 4.98 Å². The molecule has 0 spiro atoms. The Bertz CT molecular complexity index is 815. The van der Waals surface area contributed by atoms with Gasteiger partial charge in [0.1, 0.15) is 5.82 Å². The zero-order chi connectivity index (χ0) is 18.6. The summed E-state index contributed by atoms with van der Waals surface area (Å²) in [6.45, 7) is 2.85. The Morgan fingerprint density at radius 2 is 1.96 bits per heavy atom. The third-order valence-electron chi connectivity index (χ3n) is 5.47. The van der Waals surface area contributed by atoms with Gasteiger partial charge in [-0.1, -0.05) is 30.3 Å². The molecule has 3 heterocycles. The lowest BCUT2D eigenvalue weighted by molar-refractivity contribution is -0.135. The van der Waals surface area contributed by atoms with Gasteiger partial charge in [0.2, 0.25) is 11.8 Å². The lowest BCUT2D eigenvalue weighted by atomic mass is 10.1. The largest absolute Gasteiger partial charge is 0.343 e. The minimum atomic E-state index is 0.168. The van der Waals surface area contributed by atoms with Crippen molar-refractivity contribution in [2.24, 2.45) is 0 Å². The van der Waals surface area contributed by atoms with Crippen molar-refractivity contribution in [3.8, 4) is 11.4 Å². The van der Waals surface area contributed by atoms with Crippen molar-refractivity contribution in [2.45, 2.75) is 45.1 Å². The van der Waals surface area contributed by atoms with Crippen LogP contribution in [0.5, 0.6) is 0 Å². The molecule has 0 radical (unpaired) electrons. The predicted molar refractivity (Wildman–Crippen MR) is 103 cm³/mol. The third kappa shape index (κ3) is 4.04. The molecular weight excluding hydrogens is 340 g/mol. The number of hydrogen-bond acceptors (Lipinski definition) is 3. The summed E-state index contributed by atoms with van der Waals surface area (Å²) in [4.78, 5) is 36.4. The van der Waals surface area contributed by atoms with E-state index in [1.165, 1.54) is 0 Å². The van der Waals surface area contributed by atoms with E-state index in [1.54, 1.807) is 0 Å². The van der Waals surface area contributed by atoms with Crippen LogP contribution in [0.4, 0.5) is 0 Å². The molecule has 0 bridgehead atoms. The number of benzene rings is 1. The van der Waals surface area contributed by atoms with Gasteiger partial charge in [0.15, 0.2) is 0 Å². The first-order valence-corrected chi connectivity index (χ1v) is 9.89. The van der Waals surface area contributed by atoms with Gasteiger partial charge in [0, 0.05) is 44.5 Å². The molecule has 4 rings (SSSR count). The number of likely N-dealkylation sites (tertiary alicyclic amines) is 1. The molecule has 6 heteroatoms. The number of carbonyl (C=O) groups is 2. The van der Waals surface area contributed by atoms with Crippen LogP contribution in [-0.2, 0) is 22.6 Å². The second kappa shape index (κ2) is 7.94. The summed E-state index contributed by atoms with van der Waals surface area (Å²) in [6, 6.07) is 10.1. The van der Waals surface area contributed by atoms with Crippen molar-refractivity contribution in [2.75, 3.05) is 19.6 Å². The Hall–Kier alpha value is -2.63. The zero-order valence-electron chi connectivity index (χ0n) is 15.6. The van der Waals surface area contributed by atoms with Crippen LogP contribution in [-0.4, -0.2) is 51.2 Å². The maximum atomic E-state index is 12.6. The van der Waals surface area contributed by atoms with E-state index in [9.17, 15) is 9.59 Å². The van der Waals surface area contributed by atoms with Crippen LogP contribution >= 0.6 is 0 Å². The molecule has 0 aliphatic carbocycles. The number of amides is 2. The first-order valence-electron chi connectivity index (χ1n) is 9.89. The molecule has 1 fully saturated rings. The van der Waals surface area contributed by atoms with Crippen molar-refractivity contribution in [3.05, 3.63) is 41.7 Å². The predicted octanol–water partition coefficient (Wildman–Crippen LogP) is 2.75. The molecule has 0 saturated carbocycles. The highest BCUT2D eigenvalue weighted by Gasteiger charge is 2.24. The van der Waals surface area contributed by atoms with E-state index in [0.717, 1.165) is 55.0 Å². The number of rotatable bonds is 5. The molecule has 2 aliphatic rings. The fourth-order valence-electron chi connectivity index (χ4n) is 3.92. The van der Waals surface area contributed by atoms with E-state index >= 15 is 0 Å². The average molecular weight is 366 g/mol. The van der Waals surface area contributed by atoms with Crippen LogP contribution in [0.25, 0.3) is 11.4 Å². The number of carbonyl (C=O) groups excluding carboxylic acids is 2. The van der Waals surface area contributed by atoms with Crippen molar-refractivity contribution < 1.29 is 9.59 Å². The molecule has 1 aromatic heterocycles. The first kappa shape index (κ1) is 17.8. The topological polar surface area (TPSA) is 69.3 Å². The minimum Gasteiger partial charge on any atom is -0.343 e. The normalized spacial score (nSPS) is 17.1. The van der Waals surface area contributed by atoms with Gasteiger partial charge >= 0.3 is 0 Å². The molecule has 27 heavy (non-hydrogen) atoms. The maximum absolute atomic E-state index is 12.6. The molecule has 1 N–H and O–H groups in total. The summed E-state index contributed by atoms with van der Waals surface area (Å²) in [6.07, 6.45) is 4.77. The minimum absolute atomic E-state index is 0.168. The number of aromatic nitrogens is 2. The second-order valence-electron chi connectivity index (χ2n) is 7.38. The molecule has 142 valence electrons. The molecule has 0 unspecified atom stereocenters. The van der Waals surface area contributed by atoms with Gasteiger partial charge in [0.05, 0.1) is 17.9 Å². The van der Waals surface area contributed by atoms with Crippen LogP contribution in [0.1, 0.15) is 43.5 Å². The molecule has 0 atom stereocenters. The molecule has 1 saturated heterocycles. The van der Waals surface area contributed by atoms with E-state index in [4.69, 9.17) is 4.98 Å². The summed E-state index contributed by atoms with van der Waals surface area (Å²) in [5.41, 5.74) is 3.17. The van der Waals surface area contributed by atoms with E-state index in [0.29, 0.717) is 32.5 Å². The van der Waals surface area contributed by atoms with Gasteiger partial charge in [-0.3, -0.25) is 9.59 Å². The van der Waals surface area contributed by atoms with Gasteiger partial charge < -0.3 is 14.8 Å². The molecule has 2 aromatic rings. The number of hydrogen-bond donors (Lipinski definition) is 1. The third-order valence-corrected chi connectivity index (χ3v) is 5.47. The maximum Gasteiger partial charge on any atom is 0.222 e. The van der Waals surface area contributed by atoms with Crippen molar-refractivity contribution in [3.63, 3.8) is 0 Å². The summed E-state index contributed by atoms with van der Waals surface area (Å²) >= 11 is 0. The average Bonchev–Trinajstić information content (AvgIpc) is 3.13. The van der Waals surface area contributed by atoms with Gasteiger partial charge in [0.25, 0.3) is 0 Å². The summed E-state index contributed by atoms with van der Waals surface area (Å²) < 4.78 is 0. The van der Waals surface area contributed by atoms with E-state index < -0.39 is 0 Å². The number of fused-ring (bicyclic) bond motifs is 1. The highest BCUT2D eigenvalue weighted by Crippen LogP contribution is 2.23.